The first-order chi connectivity index (χ1) is 17.0. The summed E-state index contributed by atoms with van der Waals surface area (Å²) in [6.07, 6.45) is 1.91. The number of imide groups is 1. The largest absolute Gasteiger partial charge is 0.327 e. The summed E-state index contributed by atoms with van der Waals surface area (Å²) in [5, 5.41) is 0. The summed E-state index contributed by atoms with van der Waals surface area (Å²) < 4.78 is 53.7. The van der Waals surface area contributed by atoms with Crippen LogP contribution in [0.5, 0.6) is 0 Å². The molecule has 36 heavy (non-hydrogen) atoms. The lowest BCUT2D eigenvalue weighted by Gasteiger charge is -2.36. The zero-order valence-corrected chi connectivity index (χ0v) is 21.4. The Labute approximate surface area is 210 Å². The maximum atomic E-state index is 14.2. The minimum Gasteiger partial charge on any atom is -0.322 e. The highest BCUT2D eigenvalue weighted by atomic mass is 32.2. The van der Waals surface area contributed by atoms with Crippen LogP contribution in [0.15, 0.2) is 48.5 Å². The number of carbonyl (C=O) groups excluding carboxylic acids is 2. The van der Waals surface area contributed by atoms with Crippen LogP contribution in [-0.2, 0) is 14.8 Å². The lowest BCUT2D eigenvalue weighted by Crippen LogP contribution is -2.41. The molecule has 0 bridgehead atoms. The topological polar surface area (TPSA) is 78.0 Å². The van der Waals surface area contributed by atoms with Crippen LogP contribution >= 0.6 is 0 Å². The number of halogens is 2. The number of sulfonamides is 1. The Bertz CT molecular complexity index is 1210. The van der Waals surface area contributed by atoms with Gasteiger partial charge >= 0.3 is 6.03 Å². The van der Waals surface area contributed by atoms with Gasteiger partial charge in [0.1, 0.15) is 11.6 Å². The molecule has 0 N–H and O–H groups in total. The number of benzene rings is 2. The molecular weight excluding hydrogens is 488 g/mol. The van der Waals surface area contributed by atoms with E-state index in [1.165, 1.54) is 26.2 Å². The molecule has 3 atom stereocenters. The van der Waals surface area contributed by atoms with Crippen molar-refractivity contribution >= 4 is 22.0 Å². The zero-order valence-electron chi connectivity index (χ0n) is 20.6. The molecule has 2 aromatic rings. The Kier molecular flexibility index (Phi) is 7.47. The number of urea groups is 1. The summed E-state index contributed by atoms with van der Waals surface area (Å²) in [5.74, 6) is -2.68. The smallest absolute Gasteiger partial charge is 0.322 e. The molecular formula is C26H31F2N3O4S. The Hall–Kier alpha value is -2.85. The van der Waals surface area contributed by atoms with Crippen LogP contribution in [0, 0.1) is 17.6 Å². The Balaban J connectivity index is 1.65. The van der Waals surface area contributed by atoms with Crippen LogP contribution in [0.1, 0.15) is 49.3 Å². The summed E-state index contributed by atoms with van der Waals surface area (Å²) in [6, 6.07) is 11.3. The maximum Gasteiger partial charge on any atom is 0.327 e. The van der Waals surface area contributed by atoms with Crippen molar-refractivity contribution in [3.05, 3.63) is 71.3 Å². The van der Waals surface area contributed by atoms with E-state index in [9.17, 15) is 26.8 Å². The molecule has 0 spiro atoms. The molecule has 3 amide bonds. The predicted octanol–water partition coefficient (Wildman–Crippen LogP) is 4.13. The van der Waals surface area contributed by atoms with E-state index in [0.29, 0.717) is 18.4 Å². The standard InChI is InChI=1S/C26H31F2N3O4S/c1-17-25(19-7-5-4-6-8-19)31(26(33)29(17)2)24(32)16-23(20-13-21(27)15-22(28)14-20)18-9-11-30(12-10-18)36(3,34)35/h4-8,13-15,17-18,23,25H,9-12,16H2,1-3H3/t17-,23+,25-/m0/s1. The number of piperidine rings is 1. The molecule has 2 saturated heterocycles. The second-order valence-electron chi connectivity index (χ2n) is 9.77. The molecule has 0 unspecified atom stereocenters. The minimum atomic E-state index is -3.36. The van der Waals surface area contributed by atoms with E-state index in [-0.39, 0.29) is 31.5 Å². The lowest BCUT2D eigenvalue weighted by atomic mass is 9.78. The van der Waals surface area contributed by atoms with Crippen LogP contribution in [0.3, 0.4) is 0 Å². The van der Waals surface area contributed by atoms with Crippen molar-refractivity contribution in [2.75, 3.05) is 26.4 Å². The molecule has 10 heteroatoms. The maximum absolute atomic E-state index is 14.2. The van der Waals surface area contributed by atoms with E-state index >= 15 is 0 Å². The third-order valence-electron chi connectivity index (χ3n) is 7.51. The monoisotopic (exact) mass is 519 g/mol. The van der Waals surface area contributed by atoms with E-state index in [0.717, 1.165) is 17.9 Å². The van der Waals surface area contributed by atoms with Crippen LogP contribution in [0.25, 0.3) is 0 Å². The third-order valence-corrected chi connectivity index (χ3v) is 8.81. The molecule has 4 rings (SSSR count). The molecule has 0 saturated carbocycles. The fourth-order valence-corrected chi connectivity index (χ4v) is 6.35. The van der Waals surface area contributed by atoms with Gasteiger partial charge in [-0.2, -0.15) is 0 Å². The van der Waals surface area contributed by atoms with Crippen molar-refractivity contribution in [2.24, 2.45) is 5.92 Å². The summed E-state index contributed by atoms with van der Waals surface area (Å²) in [4.78, 5) is 29.7. The molecule has 194 valence electrons. The molecule has 2 aromatic carbocycles. The Morgan fingerprint density at radius 2 is 1.64 bits per heavy atom. The molecule has 0 radical (unpaired) electrons. The van der Waals surface area contributed by atoms with Crippen LogP contribution in [-0.4, -0.2) is 66.9 Å². The Morgan fingerprint density at radius 1 is 1.06 bits per heavy atom. The average Bonchev–Trinajstić information content (AvgIpc) is 3.06. The van der Waals surface area contributed by atoms with Crippen LogP contribution in [0.2, 0.25) is 0 Å². The zero-order chi connectivity index (χ0) is 26.2. The van der Waals surface area contributed by atoms with Gasteiger partial charge in [0.15, 0.2) is 0 Å². The Morgan fingerprint density at radius 3 is 2.19 bits per heavy atom. The van der Waals surface area contributed by atoms with Gasteiger partial charge in [-0.3, -0.25) is 9.69 Å². The molecule has 2 heterocycles. The van der Waals surface area contributed by atoms with Gasteiger partial charge in [-0.05, 0) is 54.9 Å². The number of hydrogen-bond acceptors (Lipinski definition) is 4. The van der Waals surface area contributed by atoms with Gasteiger partial charge in [0, 0.05) is 32.6 Å². The fraction of sp³-hybridized carbons (Fsp3) is 0.462. The average molecular weight is 520 g/mol. The van der Waals surface area contributed by atoms with Gasteiger partial charge in [-0.15, -0.1) is 0 Å². The molecule has 2 aliphatic heterocycles. The quantitative estimate of drug-likeness (QED) is 0.575. The van der Waals surface area contributed by atoms with Crippen molar-refractivity contribution < 1.29 is 26.8 Å². The third kappa shape index (κ3) is 5.29. The molecule has 0 aromatic heterocycles. The molecule has 7 nitrogen and oxygen atoms in total. The second kappa shape index (κ2) is 10.3. The van der Waals surface area contributed by atoms with Gasteiger partial charge < -0.3 is 4.90 Å². The van der Waals surface area contributed by atoms with Crippen molar-refractivity contribution in [2.45, 2.75) is 44.2 Å². The van der Waals surface area contributed by atoms with Gasteiger partial charge in [-0.25, -0.2) is 26.3 Å². The first-order valence-corrected chi connectivity index (χ1v) is 13.9. The normalized spacial score (nSPS) is 22.8. The van der Waals surface area contributed by atoms with Gasteiger partial charge in [0.2, 0.25) is 15.9 Å². The molecule has 2 fully saturated rings. The number of likely N-dealkylation sites (N-methyl/N-ethyl adjacent to an activating group) is 1. The highest BCUT2D eigenvalue weighted by Gasteiger charge is 2.46. The summed E-state index contributed by atoms with van der Waals surface area (Å²) in [7, 11) is -1.71. The van der Waals surface area contributed by atoms with Gasteiger partial charge in [0.25, 0.3) is 0 Å². The van der Waals surface area contributed by atoms with Crippen molar-refractivity contribution in [1.82, 2.24) is 14.1 Å². The van der Waals surface area contributed by atoms with Crippen molar-refractivity contribution in [1.29, 1.82) is 0 Å². The number of rotatable bonds is 6. The van der Waals surface area contributed by atoms with E-state index in [1.807, 2.05) is 37.3 Å². The number of nitrogens with zero attached hydrogens (tertiary/aromatic N) is 3. The van der Waals surface area contributed by atoms with E-state index in [2.05, 4.69) is 0 Å². The molecule has 2 aliphatic rings. The predicted molar refractivity (Wildman–Crippen MR) is 132 cm³/mol. The van der Waals surface area contributed by atoms with E-state index in [1.54, 1.807) is 7.05 Å². The van der Waals surface area contributed by atoms with E-state index in [4.69, 9.17) is 0 Å². The summed E-state index contributed by atoms with van der Waals surface area (Å²) >= 11 is 0. The fourth-order valence-electron chi connectivity index (χ4n) is 5.47. The second-order valence-corrected chi connectivity index (χ2v) is 11.7. The van der Waals surface area contributed by atoms with Crippen molar-refractivity contribution in [3.8, 4) is 0 Å². The highest BCUT2D eigenvalue weighted by Crippen LogP contribution is 2.40. The van der Waals surface area contributed by atoms with E-state index < -0.39 is 45.6 Å². The summed E-state index contributed by atoms with van der Waals surface area (Å²) in [6.45, 7) is 2.41. The lowest BCUT2D eigenvalue weighted by molar-refractivity contribution is -0.130. The number of amides is 3. The van der Waals surface area contributed by atoms with Crippen molar-refractivity contribution in [3.63, 3.8) is 0 Å². The first-order valence-electron chi connectivity index (χ1n) is 12.0. The van der Waals surface area contributed by atoms with Crippen LogP contribution < -0.4 is 0 Å². The van der Waals surface area contributed by atoms with Crippen LogP contribution in [0.4, 0.5) is 13.6 Å². The number of hydrogen-bond donors (Lipinski definition) is 0. The first kappa shape index (κ1) is 26.2. The van der Waals surface area contributed by atoms with Gasteiger partial charge in [0.05, 0.1) is 18.3 Å². The molecule has 0 aliphatic carbocycles. The summed E-state index contributed by atoms with van der Waals surface area (Å²) in [5.41, 5.74) is 1.16. The van der Waals surface area contributed by atoms with Gasteiger partial charge in [-0.1, -0.05) is 30.3 Å². The minimum absolute atomic E-state index is 0.123. The number of carbonyl (C=O) groups is 2. The SMILES string of the molecule is C[C@H]1[C@@H](c2ccccc2)N(C(=O)C[C@@H](c2cc(F)cc(F)c2)C2CCN(S(C)(=O)=O)CC2)C(=O)N1C. The highest BCUT2D eigenvalue weighted by molar-refractivity contribution is 7.88.